The molecule has 0 amide bonds. The zero-order chi connectivity index (χ0) is 60.1. The van der Waals surface area contributed by atoms with E-state index < -0.39 is 0 Å². The number of fused-ring (bicyclic) bond motifs is 6. The van der Waals surface area contributed by atoms with Crippen LogP contribution >= 0.6 is 0 Å². The molecule has 0 N–H and O–H groups in total. The molecule has 0 spiro atoms. The van der Waals surface area contributed by atoms with Crippen molar-refractivity contribution in [3.8, 4) is 0 Å². The first kappa shape index (κ1) is 49.8. The van der Waals surface area contributed by atoms with Gasteiger partial charge in [-0.3, -0.25) is 0 Å². The van der Waals surface area contributed by atoms with Gasteiger partial charge >= 0.3 is 0 Å². The van der Waals surface area contributed by atoms with E-state index in [9.17, 15) is 0 Å². The minimum atomic E-state index is -0.180. The lowest BCUT2D eigenvalue weighted by molar-refractivity contribution is -0.107. The van der Waals surface area contributed by atoms with Crippen LogP contribution < -0.4 is 0 Å². The fourth-order valence-electron chi connectivity index (χ4n) is 21.0. The Labute approximate surface area is 477 Å². The van der Waals surface area contributed by atoms with Crippen LogP contribution in [-0.2, 0) is 0 Å². The van der Waals surface area contributed by atoms with E-state index >= 15 is 0 Å². The summed E-state index contributed by atoms with van der Waals surface area (Å²) in [5.74, 6) is 18.4. The highest BCUT2D eigenvalue weighted by atomic mass is 14.6. The van der Waals surface area contributed by atoms with E-state index in [2.05, 4.69) is 69.2 Å². The molecule has 11 atom stereocenters. The molecule has 19 rings (SSSR count). The van der Waals surface area contributed by atoms with E-state index in [0.717, 1.165) is 112 Å². The monoisotopic (exact) mass is 1030 g/mol. The van der Waals surface area contributed by atoms with Crippen LogP contribution in [0.5, 0.6) is 0 Å². The average Bonchev–Trinajstić information content (AvgIpc) is 3.56. The summed E-state index contributed by atoms with van der Waals surface area (Å²) < 4.78 is 62.6. The summed E-state index contributed by atoms with van der Waals surface area (Å²) in [5, 5.41) is 0. The standard InChI is InChI=1S/C12H20.C10H18.3C9H16.C9H18.C8H14.C8H16/c1-2-12-10-4-8-3-9(6-10)7-11(12)5-8;1-7(2)10-6-8-3-4-9(10)5-8;1-6(2)9-5-7-3-8(9)4-7;1-6(2)9-7-3-4-8(9)5-7;1-2-8-5-7-3-4-9(8)6-7;1-8(2)9-6-4-3-5-7-9;1-5(2)8-6-3-7(8)4-6;1-7(2)8-5-3-4-6-8/h8-12H,2-7H2,1H3;7-10H,3-6H2,1-2H3;2*6-9H,3-5H2,1-2H3;7-9H,2-6H2,1H3;8-9H,3-7H2,1-2H3;5-8H,3-4H2,1-2H3;7-8H,3-6H2,1-2H3/i2D;7D;2*6D;2D;8D;5D;7D. The molecule has 19 saturated carbocycles. The molecule has 0 aromatic rings. The number of hydrogen-bond acceptors (Lipinski definition) is 0. The van der Waals surface area contributed by atoms with Gasteiger partial charge in [0.25, 0.3) is 0 Å². The largest absolute Gasteiger partial charge is 0.0651 e. The van der Waals surface area contributed by atoms with Crippen molar-refractivity contribution >= 4 is 0 Å². The maximum absolute atomic E-state index is 7.98. The second kappa shape index (κ2) is 28.1. The zero-order valence-electron chi connectivity index (χ0n) is 60.1. The van der Waals surface area contributed by atoms with Crippen LogP contribution in [0, 0.1) is 166 Å². The highest BCUT2D eigenvalue weighted by molar-refractivity contribution is 5.03. The summed E-state index contributed by atoms with van der Waals surface area (Å²) >= 11 is 0. The Kier molecular flexibility index (Phi) is 18.9. The quantitative estimate of drug-likeness (QED) is 0.227. The van der Waals surface area contributed by atoms with Crippen molar-refractivity contribution in [1.29, 1.82) is 0 Å². The molecule has 0 heterocycles. The summed E-state index contributed by atoms with van der Waals surface area (Å²) in [7, 11) is 0. The molecule has 19 aliphatic rings. The van der Waals surface area contributed by atoms with Gasteiger partial charge in [0, 0.05) is 11.0 Å². The molecule has 19 fully saturated rings. The Morgan fingerprint density at radius 1 is 0.297 bits per heavy atom. The van der Waals surface area contributed by atoms with Crippen molar-refractivity contribution in [3.05, 3.63) is 0 Å². The Balaban J connectivity index is 0.000000123. The van der Waals surface area contributed by atoms with E-state index in [-0.39, 0.29) is 48.2 Å². The molecule has 0 aliphatic heterocycles. The van der Waals surface area contributed by atoms with E-state index in [4.69, 9.17) is 11.0 Å². The van der Waals surface area contributed by atoms with Crippen LogP contribution in [0.1, 0.15) is 313 Å². The van der Waals surface area contributed by atoms with Gasteiger partial charge in [0.05, 0.1) is 0 Å². The predicted molar refractivity (Wildman–Crippen MR) is 325 cm³/mol. The van der Waals surface area contributed by atoms with Gasteiger partial charge in [-0.25, -0.2) is 0 Å². The van der Waals surface area contributed by atoms with Gasteiger partial charge in [0.15, 0.2) is 0 Å². The maximum Gasteiger partial charge on any atom is 0.0300 e. The summed E-state index contributed by atoms with van der Waals surface area (Å²) in [6.45, 7) is 28.9. The van der Waals surface area contributed by atoms with Crippen molar-refractivity contribution in [2.45, 2.75) is 302 Å². The normalized spacial score (nSPS) is 46.7. The third-order valence-corrected chi connectivity index (χ3v) is 25.2. The molecule has 14 bridgehead atoms. The van der Waals surface area contributed by atoms with Crippen molar-refractivity contribution < 1.29 is 11.0 Å². The van der Waals surface area contributed by atoms with Crippen molar-refractivity contribution in [1.82, 2.24) is 0 Å². The molecule has 11 unspecified atom stereocenters. The average molecular weight is 1030 g/mol. The minimum absolute atomic E-state index is 0.133. The van der Waals surface area contributed by atoms with Crippen LogP contribution in [-0.4, -0.2) is 0 Å². The van der Waals surface area contributed by atoms with Crippen LogP contribution in [0.2, 0.25) is 0 Å². The second-order valence-electron chi connectivity index (χ2n) is 31.4. The highest BCUT2D eigenvalue weighted by Crippen LogP contribution is 2.62. The van der Waals surface area contributed by atoms with Gasteiger partial charge in [-0.05, 0) is 288 Å². The molecule has 0 aromatic heterocycles. The number of hydrogen-bond donors (Lipinski definition) is 0. The van der Waals surface area contributed by atoms with Gasteiger partial charge < -0.3 is 0 Å². The van der Waals surface area contributed by atoms with Crippen LogP contribution in [0.3, 0.4) is 0 Å². The predicted octanol–water partition coefficient (Wildman–Crippen LogP) is 23.1. The third-order valence-electron chi connectivity index (χ3n) is 25.2. The van der Waals surface area contributed by atoms with Crippen LogP contribution in [0.15, 0.2) is 0 Å². The van der Waals surface area contributed by atoms with Crippen molar-refractivity contribution in [2.24, 2.45) is 166 Å². The molecule has 0 aromatic carbocycles. The Morgan fingerprint density at radius 3 is 0.919 bits per heavy atom. The van der Waals surface area contributed by atoms with Gasteiger partial charge in [-0.15, -0.1) is 0 Å². The molecule has 74 heavy (non-hydrogen) atoms. The zero-order valence-corrected chi connectivity index (χ0v) is 52.1. The molecular weight excluding hydrogens is 889 g/mol. The van der Waals surface area contributed by atoms with Crippen LogP contribution in [0.25, 0.3) is 0 Å². The van der Waals surface area contributed by atoms with E-state index in [1.807, 2.05) is 27.7 Å². The summed E-state index contributed by atoms with van der Waals surface area (Å²) in [6.07, 6.45) is 42.5. The Hall–Kier alpha value is 0. The number of rotatable bonds is 8. The first-order valence-corrected chi connectivity index (χ1v) is 33.9. The fourth-order valence-corrected chi connectivity index (χ4v) is 21.0. The molecule has 0 radical (unpaired) electrons. The highest BCUT2D eigenvalue weighted by Gasteiger charge is 2.53. The summed E-state index contributed by atoms with van der Waals surface area (Å²) in [4.78, 5) is 0. The van der Waals surface area contributed by atoms with Crippen LogP contribution in [0.4, 0.5) is 0 Å². The molecular formula is C74H134. The third kappa shape index (κ3) is 15.3. The Bertz CT molecular complexity index is 1830. The van der Waals surface area contributed by atoms with Crippen molar-refractivity contribution in [3.63, 3.8) is 0 Å². The maximum atomic E-state index is 7.98. The summed E-state index contributed by atoms with van der Waals surface area (Å²) in [5.41, 5.74) is 0. The smallest absolute Gasteiger partial charge is 0.0300 e. The first-order valence-electron chi connectivity index (χ1n) is 38.0. The molecule has 0 heteroatoms. The molecule has 0 saturated heterocycles. The topological polar surface area (TPSA) is 0 Å². The lowest BCUT2D eigenvalue weighted by atomic mass is 9.45. The molecule has 19 aliphatic carbocycles. The fraction of sp³-hybridized carbons (Fsp3) is 1.00. The Morgan fingerprint density at radius 2 is 0.676 bits per heavy atom. The van der Waals surface area contributed by atoms with E-state index in [1.54, 1.807) is 0 Å². The minimum Gasteiger partial charge on any atom is -0.0651 e. The van der Waals surface area contributed by atoms with Gasteiger partial charge in [0.1, 0.15) is 0 Å². The van der Waals surface area contributed by atoms with Gasteiger partial charge in [0.2, 0.25) is 0 Å². The van der Waals surface area contributed by atoms with Crippen molar-refractivity contribution in [2.75, 3.05) is 0 Å². The van der Waals surface area contributed by atoms with E-state index in [0.29, 0.717) is 17.8 Å². The molecule has 0 nitrogen and oxygen atoms in total. The molecule has 430 valence electrons. The first-order chi connectivity index (χ1) is 38.0. The second-order valence-corrected chi connectivity index (χ2v) is 31.4. The lowest BCUT2D eigenvalue weighted by Gasteiger charge is -2.60. The van der Waals surface area contributed by atoms with E-state index in [1.165, 1.54) is 193 Å². The lowest BCUT2D eigenvalue weighted by Crippen LogP contribution is -2.52. The SMILES string of the molecule is [2H]C(C)(C)C1C2CC1C2.[2H]C(C)(C)C1C2CCC1C2.[2H]C(C)(C)C1CC2CC1C2.[2H]C(C)(C)C1CC2CCC1C2.[2H]C(C)(C)C1CCCC1.[2H]C(C)(C)C1CCCCC1.[2H]C(C)C1C2CC3CC(C2)CC1C3.[2H]C(C)C1CC2CCC1C2. The van der Waals surface area contributed by atoms with Gasteiger partial charge in [-0.2, -0.15) is 0 Å². The van der Waals surface area contributed by atoms with Gasteiger partial charge in [-0.1, -0.05) is 180 Å². The summed E-state index contributed by atoms with van der Waals surface area (Å²) in [6, 6.07) is 0.